The summed E-state index contributed by atoms with van der Waals surface area (Å²) in [7, 11) is -1.81. The second-order valence-electron chi connectivity index (χ2n) is 3.28. The largest absolute Gasteiger partial charge is 0.309 e. The summed E-state index contributed by atoms with van der Waals surface area (Å²) < 4.78 is 22.3. The van der Waals surface area contributed by atoms with Gasteiger partial charge in [0.05, 0.1) is 4.90 Å². The van der Waals surface area contributed by atoms with E-state index in [2.05, 4.69) is 0 Å². The van der Waals surface area contributed by atoms with E-state index in [1.165, 1.54) is 31.3 Å². The number of carbonyl (C=O) groups is 2. The molecule has 0 fully saturated rings. The molecule has 0 saturated heterocycles. The molecular weight excluding hydrogens is 230 g/mol. The normalized spacial score (nSPS) is 10.9. The quantitative estimate of drug-likeness (QED) is 0.562. The fourth-order valence-electron chi connectivity index (χ4n) is 1.12. The first-order chi connectivity index (χ1) is 7.36. The summed E-state index contributed by atoms with van der Waals surface area (Å²) >= 11 is 0. The van der Waals surface area contributed by atoms with Gasteiger partial charge in [0.25, 0.3) is 5.91 Å². The van der Waals surface area contributed by atoms with E-state index in [1.807, 2.05) is 0 Å². The third kappa shape index (κ3) is 2.66. The average molecular weight is 241 g/mol. The topological polar surface area (TPSA) is 71.5 Å². The van der Waals surface area contributed by atoms with E-state index in [-0.39, 0.29) is 11.2 Å². The van der Waals surface area contributed by atoms with Crippen molar-refractivity contribution in [3.63, 3.8) is 0 Å². The number of rotatable bonds is 3. The maximum Gasteiger partial charge on any atom is 0.290 e. The van der Waals surface area contributed by atoms with Crippen LogP contribution in [0.4, 0.5) is 5.69 Å². The first kappa shape index (κ1) is 12.4. The van der Waals surface area contributed by atoms with Crippen LogP contribution in [0.2, 0.25) is 0 Å². The van der Waals surface area contributed by atoms with Crippen molar-refractivity contribution in [2.24, 2.45) is 0 Å². The van der Waals surface area contributed by atoms with E-state index in [0.29, 0.717) is 5.69 Å². The minimum Gasteiger partial charge on any atom is -0.309 e. The smallest absolute Gasteiger partial charge is 0.290 e. The number of hydrogen-bond acceptors (Lipinski definition) is 4. The molecule has 1 rings (SSSR count). The van der Waals surface area contributed by atoms with Crippen molar-refractivity contribution >= 4 is 27.7 Å². The van der Waals surface area contributed by atoms with Crippen LogP contribution in [0, 0.1) is 0 Å². The fourth-order valence-corrected chi connectivity index (χ4v) is 1.75. The fraction of sp³-hybridized carbons (Fsp3) is 0.200. The Morgan fingerprint density at radius 3 is 2.12 bits per heavy atom. The molecule has 0 unspecified atom stereocenters. The number of sulfone groups is 1. The van der Waals surface area contributed by atoms with E-state index in [0.717, 1.165) is 11.2 Å². The van der Waals surface area contributed by atoms with Crippen molar-refractivity contribution in [2.75, 3.05) is 18.2 Å². The van der Waals surface area contributed by atoms with Crippen molar-refractivity contribution in [3.05, 3.63) is 24.3 Å². The molecule has 86 valence electrons. The summed E-state index contributed by atoms with van der Waals surface area (Å²) in [6.07, 6.45) is 1.30. The highest BCUT2D eigenvalue weighted by atomic mass is 32.2. The summed E-state index contributed by atoms with van der Waals surface area (Å²) in [5.74, 6) is -0.688. The van der Waals surface area contributed by atoms with Gasteiger partial charge in [0.2, 0.25) is 6.29 Å². The van der Waals surface area contributed by atoms with Crippen molar-refractivity contribution in [1.29, 1.82) is 0 Å². The molecule has 0 aliphatic heterocycles. The van der Waals surface area contributed by atoms with Crippen LogP contribution in [0.1, 0.15) is 0 Å². The van der Waals surface area contributed by atoms with Crippen molar-refractivity contribution < 1.29 is 18.0 Å². The van der Waals surface area contributed by atoms with E-state index in [4.69, 9.17) is 0 Å². The monoisotopic (exact) mass is 241 g/mol. The van der Waals surface area contributed by atoms with Crippen molar-refractivity contribution in [1.82, 2.24) is 0 Å². The Balaban J connectivity index is 3.04. The zero-order valence-electron chi connectivity index (χ0n) is 8.88. The molecule has 0 N–H and O–H groups in total. The van der Waals surface area contributed by atoms with Crippen LogP contribution < -0.4 is 4.90 Å². The number of amides is 1. The van der Waals surface area contributed by atoms with Gasteiger partial charge in [-0.05, 0) is 24.3 Å². The van der Waals surface area contributed by atoms with Gasteiger partial charge in [-0.25, -0.2) is 8.42 Å². The van der Waals surface area contributed by atoms with Gasteiger partial charge in [0.15, 0.2) is 9.84 Å². The van der Waals surface area contributed by atoms with Gasteiger partial charge in [-0.2, -0.15) is 0 Å². The van der Waals surface area contributed by atoms with Crippen LogP contribution in [-0.4, -0.2) is 33.9 Å². The first-order valence-electron chi connectivity index (χ1n) is 4.39. The molecule has 0 radical (unpaired) electrons. The number of aldehydes is 1. The van der Waals surface area contributed by atoms with Crippen LogP contribution >= 0.6 is 0 Å². The summed E-state index contributed by atoms with van der Waals surface area (Å²) in [5.41, 5.74) is 0.463. The van der Waals surface area contributed by atoms with Gasteiger partial charge in [-0.1, -0.05) is 0 Å². The zero-order chi connectivity index (χ0) is 12.3. The Hall–Kier alpha value is -1.69. The molecule has 0 atom stereocenters. The summed E-state index contributed by atoms with van der Waals surface area (Å²) in [4.78, 5) is 22.6. The highest BCUT2D eigenvalue weighted by molar-refractivity contribution is 7.90. The molecule has 0 spiro atoms. The van der Waals surface area contributed by atoms with E-state index in [9.17, 15) is 18.0 Å². The molecule has 0 aliphatic carbocycles. The maximum atomic E-state index is 11.2. The summed E-state index contributed by atoms with van der Waals surface area (Å²) in [5, 5.41) is 0. The maximum absolute atomic E-state index is 11.2. The standard InChI is InChI=1S/C10H11NO4S/c1-11(10(13)7-12)8-3-5-9(6-4-8)16(2,14)15/h3-7H,1-2H3. The third-order valence-electron chi connectivity index (χ3n) is 2.08. The molecule has 1 aromatic carbocycles. The van der Waals surface area contributed by atoms with Crippen LogP contribution in [-0.2, 0) is 19.4 Å². The number of carbonyl (C=O) groups excluding carboxylic acids is 2. The van der Waals surface area contributed by atoms with E-state index >= 15 is 0 Å². The lowest BCUT2D eigenvalue weighted by molar-refractivity contribution is -0.129. The lowest BCUT2D eigenvalue weighted by Crippen LogP contribution is -2.26. The molecule has 1 amide bonds. The predicted octanol–water partition coefficient (Wildman–Crippen LogP) is 0.252. The molecule has 0 aliphatic rings. The lowest BCUT2D eigenvalue weighted by Gasteiger charge is -2.13. The molecule has 0 saturated carbocycles. The Bertz CT molecular complexity index is 504. The average Bonchev–Trinajstić information content (AvgIpc) is 2.26. The molecule has 0 aromatic heterocycles. The van der Waals surface area contributed by atoms with Gasteiger partial charge in [0, 0.05) is 19.0 Å². The molecule has 0 bridgehead atoms. The highest BCUT2D eigenvalue weighted by Gasteiger charge is 2.11. The minimum atomic E-state index is -3.24. The number of benzene rings is 1. The number of anilines is 1. The summed E-state index contributed by atoms with van der Waals surface area (Å²) in [6, 6.07) is 5.72. The van der Waals surface area contributed by atoms with E-state index in [1.54, 1.807) is 0 Å². The number of likely N-dealkylation sites (N-methyl/N-ethyl adjacent to an activating group) is 1. The molecule has 5 nitrogen and oxygen atoms in total. The molecule has 16 heavy (non-hydrogen) atoms. The molecule has 0 heterocycles. The minimum absolute atomic E-state index is 0.170. The second-order valence-corrected chi connectivity index (χ2v) is 5.30. The van der Waals surface area contributed by atoms with Crippen LogP contribution in [0.5, 0.6) is 0 Å². The van der Waals surface area contributed by atoms with Gasteiger partial charge in [-0.15, -0.1) is 0 Å². The van der Waals surface area contributed by atoms with Crippen LogP contribution in [0.15, 0.2) is 29.2 Å². The predicted molar refractivity (Wildman–Crippen MR) is 59.0 cm³/mol. The summed E-state index contributed by atoms with van der Waals surface area (Å²) in [6.45, 7) is 0. The van der Waals surface area contributed by atoms with Crippen LogP contribution in [0.3, 0.4) is 0 Å². The Morgan fingerprint density at radius 2 is 1.75 bits per heavy atom. The van der Waals surface area contributed by atoms with Gasteiger partial charge >= 0.3 is 0 Å². The first-order valence-corrected chi connectivity index (χ1v) is 6.28. The van der Waals surface area contributed by atoms with Gasteiger partial charge < -0.3 is 4.90 Å². The lowest BCUT2D eigenvalue weighted by atomic mass is 10.3. The number of hydrogen-bond donors (Lipinski definition) is 0. The molecule has 6 heteroatoms. The SMILES string of the molecule is CN(C(=O)C=O)c1ccc(S(C)(=O)=O)cc1. The van der Waals surface area contributed by atoms with Gasteiger partial charge in [-0.3, -0.25) is 9.59 Å². The van der Waals surface area contributed by atoms with Crippen LogP contribution in [0.25, 0.3) is 0 Å². The Labute approximate surface area is 93.6 Å². The third-order valence-corrected chi connectivity index (χ3v) is 3.21. The molecule has 1 aromatic rings. The van der Waals surface area contributed by atoms with Crippen molar-refractivity contribution in [3.8, 4) is 0 Å². The number of nitrogens with zero attached hydrogens (tertiary/aromatic N) is 1. The zero-order valence-corrected chi connectivity index (χ0v) is 9.69. The second kappa shape index (κ2) is 4.44. The Morgan fingerprint density at radius 1 is 1.25 bits per heavy atom. The Kier molecular flexibility index (Phi) is 3.44. The van der Waals surface area contributed by atoms with Crippen molar-refractivity contribution in [2.45, 2.75) is 4.90 Å². The highest BCUT2D eigenvalue weighted by Crippen LogP contribution is 2.16. The van der Waals surface area contributed by atoms with Gasteiger partial charge in [0.1, 0.15) is 0 Å². The molecular formula is C10H11NO4S. The van der Waals surface area contributed by atoms with E-state index < -0.39 is 15.7 Å².